The number of benzene rings is 1. The number of aliphatic imine (C=N–C) groups is 1. The summed E-state index contributed by atoms with van der Waals surface area (Å²) in [7, 11) is 1.69. The lowest BCUT2D eigenvalue weighted by atomic mass is 9.53. The minimum atomic E-state index is -1.10. The first-order valence-electron chi connectivity index (χ1n) is 9.72. The van der Waals surface area contributed by atoms with E-state index in [9.17, 15) is 9.90 Å². The summed E-state index contributed by atoms with van der Waals surface area (Å²) in [5.41, 5.74) is 1.39. The molecule has 1 fully saturated rings. The number of nitrogens with zero attached hydrogens (tertiary/aromatic N) is 1. The summed E-state index contributed by atoms with van der Waals surface area (Å²) >= 11 is 0. The Hall–Kier alpha value is -2.14. The summed E-state index contributed by atoms with van der Waals surface area (Å²) in [5.74, 6) is 0.507. The predicted molar refractivity (Wildman–Crippen MR) is 104 cm³/mol. The van der Waals surface area contributed by atoms with E-state index in [1.165, 1.54) is 0 Å². The topological polar surface area (TPSA) is 68.1 Å². The molecule has 1 spiro atoms. The van der Waals surface area contributed by atoms with Crippen molar-refractivity contribution in [1.29, 1.82) is 0 Å². The number of ether oxygens (including phenoxy) is 2. The summed E-state index contributed by atoms with van der Waals surface area (Å²) in [6.07, 6.45) is 5.27. The molecule has 0 saturated heterocycles. The molecule has 4 rings (SSSR count). The summed E-state index contributed by atoms with van der Waals surface area (Å²) in [4.78, 5) is 16.4. The molecule has 1 heterocycles. The smallest absolute Gasteiger partial charge is 0.313 e. The molecule has 27 heavy (non-hydrogen) atoms. The van der Waals surface area contributed by atoms with Gasteiger partial charge in [-0.1, -0.05) is 26.5 Å². The number of hydrogen-bond donors (Lipinski definition) is 1. The van der Waals surface area contributed by atoms with Crippen LogP contribution < -0.4 is 9.47 Å². The molecule has 1 aromatic rings. The van der Waals surface area contributed by atoms with E-state index in [4.69, 9.17) is 9.47 Å². The Balaban J connectivity index is 1.93. The zero-order chi connectivity index (χ0) is 19.4. The van der Waals surface area contributed by atoms with E-state index >= 15 is 0 Å². The molecule has 1 N–H and O–H groups in total. The maximum Gasteiger partial charge on any atom is 0.313 e. The molecule has 3 atom stereocenters. The van der Waals surface area contributed by atoms with Crippen LogP contribution in [0.3, 0.4) is 0 Å². The van der Waals surface area contributed by atoms with E-state index in [1.54, 1.807) is 27.1 Å². The minimum Gasteiger partial charge on any atom is -0.481 e. The van der Waals surface area contributed by atoms with Crippen LogP contribution >= 0.6 is 0 Å². The zero-order valence-electron chi connectivity index (χ0n) is 16.2. The molecule has 3 aliphatic rings. The number of esters is 1. The highest BCUT2D eigenvalue weighted by atomic mass is 16.6. The Morgan fingerprint density at radius 1 is 1.41 bits per heavy atom. The highest BCUT2D eigenvalue weighted by Gasteiger charge is 2.65. The van der Waals surface area contributed by atoms with Crippen molar-refractivity contribution < 1.29 is 19.4 Å². The summed E-state index contributed by atoms with van der Waals surface area (Å²) in [5, 5.41) is 11.7. The molecule has 5 nitrogen and oxygen atoms in total. The monoisotopic (exact) mass is 369 g/mol. The van der Waals surface area contributed by atoms with Crippen LogP contribution in [0.2, 0.25) is 0 Å². The van der Waals surface area contributed by atoms with Crippen LogP contribution in [0.25, 0.3) is 0 Å². The predicted octanol–water partition coefficient (Wildman–Crippen LogP) is 3.36. The fraction of sp³-hybridized carbons (Fsp3) is 0.545. The van der Waals surface area contributed by atoms with Crippen molar-refractivity contribution >= 4 is 12.2 Å². The van der Waals surface area contributed by atoms with Gasteiger partial charge >= 0.3 is 5.97 Å². The van der Waals surface area contributed by atoms with E-state index in [1.807, 2.05) is 12.1 Å². The van der Waals surface area contributed by atoms with Gasteiger partial charge < -0.3 is 14.6 Å². The molecule has 0 bridgehead atoms. The second-order valence-electron chi connectivity index (χ2n) is 8.30. The Kier molecular flexibility index (Phi) is 4.18. The SMILES string of the molecule is C=C1CCC(O)(C=NC)C23CCCc4ccc(OC(=O)C(C)C)c(c42)OC13. The third-order valence-corrected chi connectivity index (χ3v) is 6.35. The molecule has 1 aromatic carbocycles. The van der Waals surface area contributed by atoms with Gasteiger partial charge in [0.15, 0.2) is 11.5 Å². The molecule has 0 amide bonds. The number of hydrogen-bond acceptors (Lipinski definition) is 5. The quantitative estimate of drug-likeness (QED) is 0.384. The normalized spacial score (nSPS) is 31.6. The van der Waals surface area contributed by atoms with Crippen LogP contribution in [0.4, 0.5) is 0 Å². The van der Waals surface area contributed by atoms with Gasteiger partial charge in [0.1, 0.15) is 11.7 Å². The van der Waals surface area contributed by atoms with Crippen molar-refractivity contribution in [2.45, 2.75) is 63.1 Å². The summed E-state index contributed by atoms with van der Waals surface area (Å²) in [6.45, 7) is 7.85. The molecule has 144 valence electrons. The molecule has 1 aliphatic heterocycles. The molecular formula is C22H27NO4. The average Bonchev–Trinajstić information content (AvgIpc) is 3.01. The van der Waals surface area contributed by atoms with Gasteiger partial charge in [0.2, 0.25) is 0 Å². The van der Waals surface area contributed by atoms with Gasteiger partial charge in [0, 0.05) is 18.8 Å². The van der Waals surface area contributed by atoms with E-state index in [2.05, 4.69) is 11.6 Å². The van der Waals surface area contributed by atoms with Gasteiger partial charge in [0.25, 0.3) is 0 Å². The zero-order valence-corrected chi connectivity index (χ0v) is 16.2. The third-order valence-electron chi connectivity index (χ3n) is 6.35. The second-order valence-corrected chi connectivity index (χ2v) is 8.30. The fourth-order valence-electron chi connectivity index (χ4n) is 5.08. The van der Waals surface area contributed by atoms with E-state index < -0.39 is 11.0 Å². The number of carbonyl (C=O) groups is 1. The van der Waals surface area contributed by atoms with Gasteiger partial charge in [-0.15, -0.1) is 0 Å². The van der Waals surface area contributed by atoms with Crippen LogP contribution in [0.5, 0.6) is 11.5 Å². The van der Waals surface area contributed by atoms with Crippen molar-refractivity contribution in [3.05, 3.63) is 35.4 Å². The molecule has 0 radical (unpaired) electrons. The van der Waals surface area contributed by atoms with Crippen LogP contribution in [-0.4, -0.2) is 36.0 Å². The number of aliphatic hydroxyl groups is 1. The van der Waals surface area contributed by atoms with Gasteiger partial charge in [0.05, 0.1) is 11.3 Å². The van der Waals surface area contributed by atoms with E-state index in [0.29, 0.717) is 24.3 Å². The lowest BCUT2D eigenvalue weighted by Crippen LogP contribution is -2.62. The highest BCUT2D eigenvalue weighted by Crippen LogP contribution is 2.62. The summed E-state index contributed by atoms with van der Waals surface area (Å²) in [6, 6.07) is 3.83. The van der Waals surface area contributed by atoms with Crippen molar-refractivity contribution in [2.75, 3.05) is 7.05 Å². The third kappa shape index (κ3) is 2.40. The maximum absolute atomic E-state index is 12.2. The van der Waals surface area contributed by atoms with Crippen LogP contribution in [0.1, 0.15) is 50.7 Å². The first kappa shape index (κ1) is 18.2. The molecule has 2 aliphatic carbocycles. The Bertz CT molecular complexity index is 843. The van der Waals surface area contributed by atoms with Crippen molar-refractivity contribution in [2.24, 2.45) is 10.9 Å². The molecule has 5 heteroatoms. The first-order chi connectivity index (χ1) is 12.8. The van der Waals surface area contributed by atoms with Crippen molar-refractivity contribution in [3.63, 3.8) is 0 Å². The fourth-order valence-corrected chi connectivity index (χ4v) is 5.08. The minimum absolute atomic E-state index is 0.231. The van der Waals surface area contributed by atoms with Crippen LogP contribution in [0, 0.1) is 5.92 Å². The molecule has 1 saturated carbocycles. The van der Waals surface area contributed by atoms with Crippen LogP contribution in [-0.2, 0) is 16.6 Å². The Morgan fingerprint density at radius 2 is 2.19 bits per heavy atom. The molecule has 3 unspecified atom stereocenters. The second kappa shape index (κ2) is 6.20. The number of carbonyl (C=O) groups excluding carboxylic acids is 1. The number of rotatable bonds is 3. The van der Waals surface area contributed by atoms with E-state index in [-0.39, 0.29) is 18.0 Å². The van der Waals surface area contributed by atoms with Gasteiger partial charge in [-0.25, -0.2) is 0 Å². The largest absolute Gasteiger partial charge is 0.481 e. The van der Waals surface area contributed by atoms with Crippen molar-refractivity contribution in [3.8, 4) is 11.5 Å². The van der Waals surface area contributed by atoms with Gasteiger partial charge in [-0.3, -0.25) is 9.79 Å². The Morgan fingerprint density at radius 3 is 2.89 bits per heavy atom. The average molecular weight is 369 g/mol. The highest BCUT2D eigenvalue weighted by molar-refractivity contribution is 5.79. The van der Waals surface area contributed by atoms with Gasteiger partial charge in [-0.2, -0.15) is 0 Å². The van der Waals surface area contributed by atoms with E-state index in [0.717, 1.165) is 36.0 Å². The van der Waals surface area contributed by atoms with Crippen LogP contribution in [0.15, 0.2) is 29.3 Å². The molecular weight excluding hydrogens is 342 g/mol. The first-order valence-corrected chi connectivity index (χ1v) is 9.72. The Labute approximate surface area is 160 Å². The lowest BCUT2D eigenvalue weighted by Gasteiger charge is -2.51. The summed E-state index contributed by atoms with van der Waals surface area (Å²) < 4.78 is 12.0. The van der Waals surface area contributed by atoms with Crippen molar-refractivity contribution in [1.82, 2.24) is 0 Å². The maximum atomic E-state index is 12.2. The standard InChI is InChI=1S/C22H27NO4/c1-13(2)20(24)26-16-8-7-15-6-5-10-22-17(15)18(16)27-19(22)14(3)9-11-21(22,25)12-23-4/h7-8,12-13,19,25H,3,5-6,9-11H2,1-2,4H3. The van der Waals surface area contributed by atoms with Gasteiger partial charge in [-0.05, 0) is 49.3 Å². The lowest BCUT2D eigenvalue weighted by molar-refractivity contribution is -0.137. The molecule has 0 aromatic heterocycles. The number of aryl methyl sites for hydroxylation is 1.